The Labute approximate surface area is 99.6 Å². The van der Waals surface area contributed by atoms with E-state index in [1.807, 2.05) is 12.1 Å². The lowest BCUT2D eigenvalue weighted by molar-refractivity contribution is -0.118. The number of carbonyl (C=O) groups is 2. The van der Waals surface area contributed by atoms with Crippen LogP contribution in [-0.2, 0) is 11.3 Å². The van der Waals surface area contributed by atoms with E-state index < -0.39 is 5.91 Å². The number of anilines is 1. The Morgan fingerprint density at radius 2 is 1.88 bits per heavy atom. The van der Waals surface area contributed by atoms with Crippen molar-refractivity contribution in [3.8, 4) is 0 Å². The van der Waals surface area contributed by atoms with Gasteiger partial charge in [0.25, 0.3) is 0 Å². The number of amides is 3. The van der Waals surface area contributed by atoms with Crippen molar-refractivity contribution in [2.75, 3.05) is 18.9 Å². The predicted molar refractivity (Wildman–Crippen MR) is 65.2 cm³/mol. The number of benzene rings is 1. The first-order valence-electron chi connectivity index (χ1n) is 5.12. The van der Waals surface area contributed by atoms with Crippen LogP contribution in [0.5, 0.6) is 0 Å². The molecular formula is C11H16N4O2. The van der Waals surface area contributed by atoms with Crippen LogP contribution in [0.4, 0.5) is 10.5 Å². The minimum atomic E-state index is -0.555. The Bertz CT molecular complexity index is 402. The van der Waals surface area contributed by atoms with Crippen LogP contribution in [0.1, 0.15) is 5.56 Å². The topological polar surface area (TPSA) is 101 Å². The van der Waals surface area contributed by atoms with Gasteiger partial charge in [-0.1, -0.05) is 12.1 Å². The van der Waals surface area contributed by atoms with Crippen molar-refractivity contribution < 1.29 is 9.59 Å². The van der Waals surface area contributed by atoms with Crippen molar-refractivity contribution in [2.24, 2.45) is 11.5 Å². The van der Waals surface area contributed by atoms with Crippen LogP contribution in [0.15, 0.2) is 24.3 Å². The summed E-state index contributed by atoms with van der Waals surface area (Å²) in [4.78, 5) is 23.4. The normalized spacial score (nSPS) is 9.76. The molecule has 3 amide bonds. The van der Waals surface area contributed by atoms with E-state index in [4.69, 9.17) is 11.5 Å². The van der Waals surface area contributed by atoms with Crippen LogP contribution < -0.4 is 16.8 Å². The maximum Gasteiger partial charge on any atom is 0.322 e. The van der Waals surface area contributed by atoms with Crippen LogP contribution >= 0.6 is 0 Å². The Hall–Kier alpha value is -2.08. The molecule has 1 rings (SSSR count). The van der Waals surface area contributed by atoms with Gasteiger partial charge < -0.3 is 21.7 Å². The van der Waals surface area contributed by atoms with E-state index in [0.717, 1.165) is 5.56 Å². The van der Waals surface area contributed by atoms with Gasteiger partial charge in [0.05, 0.1) is 0 Å². The standard InChI is InChI=1S/C11H16N4O2/c1-15(7-10(13)16)11(17)14-9-4-2-8(6-12)3-5-9/h2-5H,6-7,12H2,1H3,(H2,13,16)(H,14,17). The molecule has 0 aromatic heterocycles. The van der Waals surface area contributed by atoms with Crippen LogP contribution in [0, 0.1) is 0 Å². The summed E-state index contributed by atoms with van der Waals surface area (Å²) >= 11 is 0. The fourth-order valence-corrected chi connectivity index (χ4v) is 1.25. The van der Waals surface area contributed by atoms with Gasteiger partial charge in [0, 0.05) is 19.3 Å². The van der Waals surface area contributed by atoms with Gasteiger partial charge in [-0.25, -0.2) is 4.79 Å². The molecule has 92 valence electrons. The zero-order chi connectivity index (χ0) is 12.8. The molecule has 0 saturated heterocycles. The number of primary amides is 1. The monoisotopic (exact) mass is 236 g/mol. The number of hydrogen-bond donors (Lipinski definition) is 3. The van der Waals surface area contributed by atoms with Crippen molar-refractivity contribution in [3.05, 3.63) is 29.8 Å². The minimum Gasteiger partial charge on any atom is -0.368 e. The summed E-state index contributed by atoms with van der Waals surface area (Å²) in [7, 11) is 1.49. The number of nitrogens with two attached hydrogens (primary N) is 2. The summed E-state index contributed by atoms with van der Waals surface area (Å²) in [6.07, 6.45) is 0. The maximum absolute atomic E-state index is 11.6. The molecule has 0 aliphatic heterocycles. The zero-order valence-electron chi connectivity index (χ0n) is 9.64. The predicted octanol–water partition coefficient (Wildman–Crippen LogP) is 0.0943. The molecule has 5 N–H and O–H groups in total. The van der Waals surface area contributed by atoms with Gasteiger partial charge in [0.1, 0.15) is 6.54 Å². The number of hydrogen-bond acceptors (Lipinski definition) is 3. The molecule has 0 saturated carbocycles. The average molecular weight is 236 g/mol. The summed E-state index contributed by atoms with van der Waals surface area (Å²) in [5.41, 5.74) is 12.1. The summed E-state index contributed by atoms with van der Waals surface area (Å²) in [6.45, 7) is 0.336. The lowest BCUT2D eigenvalue weighted by Crippen LogP contribution is -2.38. The molecular weight excluding hydrogens is 220 g/mol. The van der Waals surface area contributed by atoms with Crippen molar-refractivity contribution in [2.45, 2.75) is 6.54 Å². The molecule has 0 aliphatic rings. The Morgan fingerprint density at radius 1 is 1.29 bits per heavy atom. The minimum absolute atomic E-state index is 0.118. The molecule has 0 bridgehead atoms. The molecule has 6 nitrogen and oxygen atoms in total. The van der Waals surface area contributed by atoms with E-state index in [2.05, 4.69) is 5.32 Å². The van der Waals surface area contributed by atoms with E-state index in [-0.39, 0.29) is 12.6 Å². The molecule has 6 heteroatoms. The number of rotatable bonds is 4. The Kier molecular flexibility index (Phi) is 4.47. The summed E-state index contributed by atoms with van der Waals surface area (Å²) in [5.74, 6) is -0.555. The third-order valence-electron chi connectivity index (χ3n) is 2.18. The summed E-state index contributed by atoms with van der Waals surface area (Å²) < 4.78 is 0. The molecule has 0 fully saturated rings. The highest BCUT2D eigenvalue weighted by molar-refractivity contribution is 5.91. The fraction of sp³-hybridized carbons (Fsp3) is 0.273. The Balaban J connectivity index is 2.58. The second kappa shape index (κ2) is 5.86. The smallest absolute Gasteiger partial charge is 0.322 e. The fourth-order valence-electron chi connectivity index (χ4n) is 1.25. The van der Waals surface area contributed by atoms with E-state index in [0.29, 0.717) is 12.2 Å². The first-order chi connectivity index (χ1) is 8.02. The number of nitrogens with one attached hydrogen (secondary N) is 1. The summed E-state index contributed by atoms with van der Waals surface area (Å²) in [6, 6.07) is 6.76. The molecule has 0 radical (unpaired) electrons. The van der Waals surface area contributed by atoms with E-state index >= 15 is 0 Å². The van der Waals surface area contributed by atoms with E-state index in [1.165, 1.54) is 11.9 Å². The highest BCUT2D eigenvalue weighted by Gasteiger charge is 2.10. The number of likely N-dealkylation sites (N-methyl/N-ethyl adjacent to an activating group) is 1. The average Bonchev–Trinajstić information content (AvgIpc) is 2.29. The first kappa shape index (κ1) is 13.0. The largest absolute Gasteiger partial charge is 0.368 e. The SMILES string of the molecule is CN(CC(N)=O)C(=O)Nc1ccc(CN)cc1. The van der Waals surface area contributed by atoms with Crippen molar-refractivity contribution in [3.63, 3.8) is 0 Å². The maximum atomic E-state index is 11.6. The van der Waals surface area contributed by atoms with Crippen molar-refractivity contribution >= 4 is 17.6 Å². The third-order valence-corrected chi connectivity index (χ3v) is 2.18. The molecule has 0 atom stereocenters. The van der Waals surface area contributed by atoms with Gasteiger partial charge in [-0.3, -0.25) is 4.79 Å². The van der Waals surface area contributed by atoms with Gasteiger partial charge in [-0.2, -0.15) is 0 Å². The van der Waals surface area contributed by atoms with Crippen LogP contribution in [-0.4, -0.2) is 30.4 Å². The molecule has 1 aromatic carbocycles. The van der Waals surface area contributed by atoms with Crippen LogP contribution in [0.2, 0.25) is 0 Å². The van der Waals surface area contributed by atoms with E-state index in [9.17, 15) is 9.59 Å². The third kappa shape index (κ3) is 4.12. The lowest BCUT2D eigenvalue weighted by atomic mass is 10.2. The van der Waals surface area contributed by atoms with E-state index in [1.54, 1.807) is 12.1 Å². The second-order valence-electron chi connectivity index (χ2n) is 3.65. The lowest BCUT2D eigenvalue weighted by Gasteiger charge is -2.16. The van der Waals surface area contributed by atoms with Gasteiger partial charge >= 0.3 is 6.03 Å². The molecule has 0 heterocycles. The van der Waals surface area contributed by atoms with Gasteiger partial charge in [-0.15, -0.1) is 0 Å². The van der Waals surface area contributed by atoms with Crippen LogP contribution in [0.3, 0.4) is 0 Å². The highest BCUT2D eigenvalue weighted by atomic mass is 16.2. The first-order valence-corrected chi connectivity index (χ1v) is 5.12. The number of carbonyl (C=O) groups excluding carboxylic acids is 2. The molecule has 1 aromatic rings. The van der Waals surface area contributed by atoms with Crippen molar-refractivity contribution in [1.82, 2.24) is 4.90 Å². The molecule has 0 spiro atoms. The highest BCUT2D eigenvalue weighted by Crippen LogP contribution is 2.09. The molecule has 17 heavy (non-hydrogen) atoms. The summed E-state index contributed by atoms with van der Waals surface area (Å²) in [5, 5.41) is 2.64. The molecule has 0 aliphatic carbocycles. The quantitative estimate of drug-likeness (QED) is 0.690. The van der Waals surface area contributed by atoms with Crippen LogP contribution in [0.25, 0.3) is 0 Å². The number of urea groups is 1. The van der Waals surface area contributed by atoms with Gasteiger partial charge in [0.15, 0.2) is 0 Å². The second-order valence-corrected chi connectivity index (χ2v) is 3.65. The van der Waals surface area contributed by atoms with Gasteiger partial charge in [0.2, 0.25) is 5.91 Å². The van der Waals surface area contributed by atoms with Crippen molar-refractivity contribution in [1.29, 1.82) is 0 Å². The number of nitrogens with zero attached hydrogens (tertiary/aromatic N) is 1. The zero-order valence-corrected chi connectivity index (χ0v) is 9.64. The molecule has 0 unspecified atom stereocenters. The van der Waals surface area contributed by atoms with Gasteiger partial charge in [-0.05, 0) is 17.7 Å². The Morgan fingerprint density at radius 3 is 2.35 bits per heavy atom.